The number of nitrogens with one attached hydrogen (secondary N) is 1. The average Bonchev–Trinajstić information content (AvgIpc) is 2.27. The number of anilines is 1. The fourth-order valence-corrected chi connectivity index (χ4v) is 2.32. The van der Waals surface area contributed by atoms with Crippen LogP contribution in [0.1, 0.15) is 18.1 Å². The average molecular weight is 258 g/mol. The second kappa shape index (κ2) is 4.80. The Balaban J connectivity index is 2.35. The molecule has 2 rings (SSSR count). The predicted molar refractivity (Wildman–Crippen MR) is 65.9 cm³/mol. The van der Waals surface area contributed by atoms with Crippen molar-refractivity contribution in [2.75, 3.05) is 24.5 Å². The first kappa shape index (κ1) is 13.2. The molecule has 0 aliphatic carbocycles. The van der Waals surface area contributed by atoms with Gasteiger partial charge in [-0.1, -0.05) is 0 Å². The molecule has 100 valence electrons. The van der Waals surface area contributed by atoms with Gasteiger partial charge in [-0.25, -0.2) is 0 Å². The molecule has 1 fully saturated rings. The molecule has 0 saturated carbocycles. The van der Waals surface area contributed by atoms with Gasteiger partial charge in [0, 0.05) is 31.4 Å². The van der Waals surface area contributed by atoms with Crippen molar-refractivity contribution in [2.24, 2.45) is 0 Å². The van der Waals surface area contributed by atoms with Crippen molar-refractivity contribution in [3.63, 3.8) is 0 Å². The second-order valence-corrected chi connectivity index (χ2v) is 4.80. The first-order valence-corrected chi connectivity index (χ1v) is 6.04. The summed E-state index contributed by atoms with van der Waals surface area (Å²) in [4.78, 5) is 2.03. The van der Waals surface area contributed by atoms with E-state index in [2.05, 4.69) is 5.32 Å². The Hall–Kier alpha value is -1.23. The van der Waals surface area contributed by atoms with Gasteiger partial charge in [0.05, 0.1) is 5.56 Å². The van der Waals surface area contributed by atoms with Crippen molar-refractivity contribution in [1.82, 2.24) is 5.32 Å². The number of alkyl halides is 3. The number of piperazine rings is 1. The van der Waals surface area contributed by atoms with E-state index in [4.69, 9.17) is 0 Å². The lowest BCUT2D eigenvalue weighted by atomic mass is 10.1. The topological polar surface area (TPSA) is 15.3 Å². The van der Waals surface area contributed by atoms with Gasteiger partial charge in [-0.05, 0) is 37.6 Å². The van der Waals surface area contributed by atoms with Crippen LogP contribution in [0.3, 0.4) is 0 Å². The molecule has 1 N–H and O–H groups in total. The molecule has 1 saturated heterocycles. The van der Waals surface area contributed by atoms with Crippen molar-refractivity contribution in [1.29, 1.82) is 0 Å². The third-order valence-corrected chi connectivity index (χ3v) is 3.22. The number of hydrogen-bond acceptors (Lipinski definition) is 2. The molecule has 0 aromatic heterocycles. The van der Waals surface area contributed by atoms with Crippen LogP contribution in [-0.2, 0) is 6.18 Å². The number of halogens is 3. The predicted octanol–water partition coefficient (Wildman–Crippen LogP) is 2.81. The lowest BCUT2D eigenvalue weighted by Crippen LogP contribution is -2.50. The Bertz CT molecular complexity index is 429. The molecule has 0 spiro atoms. The molecule has 1 atom stereocenters. The van der Waals surface area contributed by atoms with E-state index < -0.39 is 11.7 Å². The third-order valence-electron chi connectivity index (χ3n) is 3.22. The molecule has 5 heteroatoms. The van der Waals surface area contributed by atoms with Crippen LogP contribution in [0, 0.1) is 6.92 Å². The summed E-state index contributed by atoms with van der Waals surface area (Å²) in [6, 6.07) is 4.46. The molecule has 0 unspecified atom stereocenters. The molecule has 1 aromatic rings. The Morgan fingerprint density at radius 2 is 2.00 bits per heavy atom. The van der Waals surface area contributed by atoms with Gasteiger partial charge in [-0.2, -0.15) is 13.2 Å². The van der Waals surface area contributed by atoms with Crippen molar-refractivity contribution in [3.05, 3.63) is 29.3 Å². The van der Waals surface area contributed by atoms with E-state index in [0.29, 0.717) is 11.3 Å². The van der Waals surface area contributed by atoms with E-state index in [9.17, 15) is 13.2 Å². The molecule has 0 bridgehead atoms. The van der Waals surface area contributed by atoms with Crippen molar-refractivity contribution in [3.8, 4) is 0 Å². The Morgan fingerprint density at radius 1 is 1.28 bits per heavy atom. The minimum absolute atomic E-state index is 0.210. The zero-order valence-electron chi connectivity index (χ0n) is 10.5. The molecule has 0 radical (unpaired) electrons. The summed E-state index contributed by atoms with van der Waals surface area (Å²) < 4.78 is 38.3. The fraction of sp³-hybridized carbons (Fsp3) is 0.538. The minimum Gasteiger partial charge on any atom is -0.366 e. The van der Waals surface area contributed by atoms with Crippen LogP contribution in [0.4, 0.5) is 18.9 Å². The molecule has 1 aromatic carbocycles. The maximum atomic E-state index is 12.8. The van der Waals surface area contributed by atoms with E-state index in [0.717, 1.165) is 19.6 Å². The lowest BCUT2D eigenvalue weighted by Gasteiger charge is -2.36. The lowest BCUT2D eigenvalue weighted by molar-refractivity contribution is -0.137. The summed E-state index contributed by atoms with van der Waals surface area (Å²) in [6.45, 7) is 6.06. The first-order valence-electron chi connectivity index (χ1n) is 6.04. The van der Waals surface area contributed by atoms with Crippen molar-refractivity contribution >= 4 is 5.69 Å². The molecule has 2 nitrogen and oxygen atoms in total. The van der Waals surface area contributed by atoms with Gasteiger partial charge in [0.2, 0.25) is 0 Å². The van der Waals surface area contributed by atoms with Gasteiger partial charge >= 0.3 is 6.18 Å². The summed E-state index contributed by atoms with van der Waals surface area (Å²) in [6.07, 6.45) is -4.28. The van der Waals surface area contributed by atoms with Crippen LogP contribution in [-0.4, -0.2) is 25.7 Å². The molecule has 1 aliphatic rings. The van der Waals surface area contributed by atoms with Crippen LogP contribution in [0.15, 0.2) is 18.2 Å². The summed E-state index contributed by atoms with van der Waals surface area (Å²) in [5.74, 6) is 0. The van der Waals surface area contributed by atoms with Crippen molar-refractivity contribution < 1.29 is 13.2 Å². The van der Waals surface area contributed by atoms with Crippen LogP contribution >= 0.6 is 0 Å². The molecule has 0 amide bonds. The number of benzene rings is 1. The summed E-state index contributed by atoms with van der Waals surface area (Å²) in [5, 5.41) is 3.23. The van der Waals surface area contributed by atoms with Gasteiger partial charge < -0.3 is 10.2 Å². The van der Waals surface area contributed by atoms with E-state index in [1.54, 1.807) is 6.92 Å². The highest BCUT2D eigenvalue weighted by Crippen LogP contribution is 2.33. The van der Waals surface area contributed by atoms with E-state index >= 15 is 0 Å². The number of rotatable bonds is 1. The number of aryl methyl sites for hydroxylation is 1. The Labute approximate surface area is 105 Å². The number of nitrogens with zero attached hydrogens (tertiary/aromatic N) is 1. The molecule has 1 heterocycles. The zero-order chi connectivity index (χ0) is 13.3. The largest absolute Gasteiger partial charge is 0.416 e. The molecule has 18 heavy (non-hydrogen) atoms. The Kier molecular flexibility index (Phi) is 3.52. The summed E-state index contributed by atoms with van der Waals surface area (Å²) in [5.41, 5.74) is 0.741. The SMILES string of the molecule is Cc1cc(N2CCNC[C@@H]2C)cc(C(F)(F)F)c1. The Morgan fingerprint density at radius 3 is 2.61 bits per heavy atom. The normalized spacial score (nSPS) is 21.2. The first-order chi connectivity index (χ1) is 8.38. The van der Waals surface area contributed by atoms with Crippen LogP contribution in [0.2, 0.25) is 0 Å². The van der Waals surface area contributed by atoms with Gasteiger partial charge in [0.25, 0.3) is 0 Å². The fourth-order valence-electron chi connectivity index (χ4n) is 2.32. The standard InChI is InChI=1S/C13H17F3N2/c1-9-5-11(13(14,15)16)7-12(6-9)18-4-3-17-8-10(18)2/h5-7,10,17H,3-4,8H2,1-2H3/t10-/m0/s1. The number of hydrogen-bond donors (Lipinski definition) is 1. The van der Waals surface area contributed by atoms with Gasteiger partial charge in [-0.3, -0.25) is 0 Å². The quantitative estimate of drug-likeness (QED) is 0.833. The highest BCUT2D eigenvalue weighted by atomic mass is 19.4. The van der Waals surface area contributed by atoms with Gasteiger partial charge in [0.1, 0.15) is 0 Å². The van der Waals surface area contributed by atoms with E-state index in [1.807, 2.05) is 17.9 Å². The van der Waals surface area contributed by atoms with Crippen LogP contribution in [0.5, 0.6) is 0 Å². The highest BCUT2D eigenvalue weighted by molar-refractivity contribution is 5.53. The van der Waals surface area contributed by atoms with Crippen LogP contribution in [0.25, 0.3) is 0 Å². The summed E-state index contributed by atoms with van der Waals surface area (Å²) >= 11 is 0. The zero-order valence-corrected chi connectivity index (χ0v) is 10.5. The van der Waals surface area contributed by atoms with Gasteiger partial charge in [0.15, 0.2) is 0 Å². The van der Waals surface area contributed by atoms with E-state index in [1.165, 1.54) is 12.1 Å². The van der Waals surface area contributed by atoms with Gasteiger partial charge in [-0.15, -0.1) is 0 Å². The maximum Gasteiger partial charge on any atom is 0.416 e. The van der Waals surface area contributed by atoms with Crippen LogP contribution < -0.4 is 10.2 Å². The highest BCUT2D eigenvalue weighted by Gasteiger charge is 2.31. The maximum absolute atomic E-state index is 12.8. The smallest absolute Gasteiger partial charge is 0.366 e. The minimum atomic E-state index is -4.28. The monoisotopic (exact) mass is 258 g/mol. The van der Waals surface area contributed by atoms with E-state index in [-0.39, 0.29) is 6.04 Å². The summed E-state index contributed by atoms with van der Waals surface area (Å²) in [7, 11) is 0. The van der Waals surface area contributed by atoms with Crippen molar-refractivity contribution in [2.45, 2.75) is 26.1 Å². The molecule has 1 aliphatic heterocycles. The molecular weight excluding hydrogens is 241 g/mol. The molecular formula is C13H17F3N2. The second-order valence-electron chi connectivity index (χ2n) is 4.80. The third kappa shape index (κ3) is 2.77.